The van der Waals surface area contributed by atoms with Crippen LogP contribution in [0.25, 0.3) is 16.6 Å². The van der Waals surface area contributed by atoms with Gasteiger partial charge in [0.25, 0.3) is 0 Å². The van der Waals surface area contributed by atoms with Crippen molar-refractivity contribution in [1.82, 2.24) is 19.4 Å². The average molecular weight is 315 g/mol. The first-order valence-electron chi connectivity index (χ1n) is 7.77. The third-order valence-corrected chi connectivity index (χ3v) is 4.13. The van der Waals surface area contributed by atoms with Crippen molar-refractivity contribution in [2.24, 2.45) is 0 Å². The number of nitrogens with two attached hydrogens (primary N) is 1. The predicted octanol–water partition coefficient (Wildman–Crippen LogP) is 2.73. The number of hydrogen-bond donors (Lipinski definition) is 1. The summed E-state index contributed by atoms with van der Waals surface area (Å²) in [6.07, 6.45) is 7.45. The van der Waals surface area contributed by atoms with Crippen LogP contribution in [0.5, 0.6) is 0 Å². The van der Waals surface area contributed by atoms with E-state index in [1.54, 1.807) is 18.7 Å². The Morgan fingerprint density at radius 2 is 2.12 bits per heavy atom. The van der Waals surface area contributed by atoms with Gasteiger partial charge >= 0.3 is 0 Å². The number of nitrogen functional groups attached to an aromatic ring is 1. The maximum absolute atomic E-state index is 5.92. The fraction of sp³-hybridized carbons (Fsp3) is 0.167. The zero-order valence-corrected chi connectivity index (χ0v) is 12.7. The van der Waals surface area contributed by atoms with Gasteiger partial charge in [-0.05, 0) is 37.0 Å². The molecule has 0 atom stereocenters. The highest BCUT2D eigenvalue weighted by molar-refractivity contribution is 5.76. The minimum absolute atomic E-state index is 0.417. The summed E-state index contributed by atoms with van der Waals surface area (Å²) in [6, 6.07) is 5.79. The van der Waals surface area contributed by atoms with E-state index in [2.05, 4.69) is 26.8 Å². The van der Waals surface area contributed by atoms with E-state index in [4.69, 9.17) is 10.2 Å². The van der Waals surface area contributed by atoms with Gasteiger partial charge in [0.2, 0.25) is 0 Å². The molecule has 0 saturated heterocycles. The third-order valence-electron chi connectivity index (χ3n) is 4.13. The van der Waals surface area contributed by atoms with Gasteiger partial charge in [-0.3, -0.25) is 0 Å². The number of imidazole rings is 1. The smallest absolute Gasteiger partial charge is 0.198 e. The highest BCUT2D eigenvalue weighted by Gasteiger charge is 2.28. The van der Waals surface area contributed by atoms with Gasteiger partial charge in [-0.2, -0.15) is 0 Å². The van der Waals surface area contributed by atoms with Crippen molar-refractivity contribution in [3.05, 3.63) is 54.1 Å². The van der Waals surface area contributed by atoms with Crippen LogP contribution in [0.15, 0.2) is 41.3 Å². The predicted molar refractivity (Wildman–Crippen MR) is 89.4 cm³/mol. The SMILES string of the molecule is Nc1nccn2cnc(C#Cc3ccc4oc(C5CC5)nc4c3)c12. The highest BCUT2D eigenvalue weighted by atomic mass is 16.3. The summed E-state index contributed by atoms with van der Waals surface area (Å²) in [4.78, 5) is 13.0. The quantitative estimate of drug-likeness (QED) is 0.546. The molecular weight excluding hydrogens is 302 g/mol. The summed E-state index contributed by atoms with van der Waals surface area (Å²) in [6.45, 7) is 0. The number of oxazole rings is 1. The van der Waals surface area contributed by atoms with Crippen molar-refractivity contribution in [2.45, 2.75) is 18.8 Å². The lowest BCUT2D eigenvalue weighted by atomic mass is 10.2. The molecule has 1 saturated carbocycles. The molecule has 5 rings (SSSR count). The first-order valence-corrected chi connectivity index (χ1v) is 7.77. The summed E-state index contributed by atoms with van der Waals surface area (Å²) in [5.41, 5.74) is 9.77. The second kappa shape index (κ2) is 4.83. The van der Waals surface area contributed by atoms with Crippen molar-refractivity contribution in [3.63, 3.8) is 0 Å². The Balaban J connectivity index is 1.55. The topological polar surface area (TPSA) is 82.2 Å². The van der Waals surface area contributed by atoms with Gasteiger partial charge in [-0.15, -0.1) is 0 Å². The molecule has 4 aromatic rings. The Kier molecular flexibility index (Phi) is 2.65. The molecular formula is C18H13N5O. The summed E-state index contributed by atoms with van der Waals surface area (Å²) in [5.74, 6) is 7.95. The van der Waals surface area contributed by atoms with E-state index in [-0.39, 0.29) is 0 Å². The van der Waals surface area contributed by atoms with Crippen molar-refractivity contribution < 1.29 is 4.42 Å². The maximum Gasteiger partial charge on any atom is 0.198 e. The van der Waals surface area contributed by atoms with E-state index in [0.717, 1.165) is 28.1 Å². The van der Waals surface area contributed by atoms with Crippen molar-refractivity contribution >= 4 is 22.4 Å². The van der Waals surface area contributed by atoms with Gasteiger partial charge in [-0.25, -0.2) is 15.0 Å². The van der Waals surface area contributed by atoms with Gasteiger partial charge in [0, 0.05) is 23.9 Å². The van der Waals surface area contributed by atoms with Crippen LogP contribution in [0.1, 0.15) is 35.9 Å². The minimum Gasteiger partial charge on any atom is -0.440 e. The molecule has 1 aromatic carbocycles. The van der Waals surface area contributed by atoms with Crippen molar-refractivity contribution in [2.75, 3.05) is 5.73 Å². The first kappa shape index (κ1) is 13.1. The van der Waals surface area contributed by atoms with Crippen LogP contribution in [0, 0.1) is 11.8 Å². The van der Waals surface area contributed by atoms with E-state index in [1.807, 2.05) is 22.6 Å². The molecule has 24 heavy (non-hydrogen) atoms. The molecule has 0 unspecified atom stereocenters. The van der Waals surface area contributed by atoms with Gasteiger partial charge in [0.05, 0.1) is 0 Å². The molecule has 3 heterocycles. The molecule has 0 amide bonds. The molecule has 1 fully saturated rings. The van der Waals surface area contributed by atoms with E-state index in [0.29, 0.717) is 17.4 Å². The molecule has 0 bridgehead atoms. The molecule has 0 spiro atoms. The Labute approximate surface area is 137 Å². The highest BCUT2D eigenvalue weighted by Crippen LogP contribution is 2.40. The lowest BCUT2D eigenvalue weighted by molar-refractivity contribution is 0.533. The number of hydrogen-bond acceptors (Lipinski definition) is 5. The Bertz CT molecular complexity index is 1140. The number of nitrogens with zero attached hydrogens (tertiary/aromatic N) is 4. The summed E-state index contributed by atoms with van der Waals surface area (Å²) in [7, 11) is 0. The molecule has 1 aliphatic carbocycles. The molecule has 0 radical (unpaired) electrons. The van der Waals surface area contributed by atoms with Gasteiger partial charge in [-0.1, -0.05) is 5.92 Å². The molecule has 1 aliphatic rings. The Morgan fingerprint density at radius 1 is 1.21 bits per heavy atom. The zero-order chi connectivity index (χ0) is 16.1. The maximum atomic E-state index is 5.92. The third kappa shape index (κ3) is 2.10. The van der Waals surface area contributed by atoms with E-state index in [9.17, 15) is 0 Å². The molecule has 2 N–H and O–H groups in total. The molecule has 116 valence electrons. The number of benzene rings is 1. The van der Waals surface area contributed by atoms with E-state index >= 15 is 0 Å². The average Bonchev–Trinajstić information content (AvgIpc) is 3.22. The van der Waals surface area contributed by atoms with Crippen LogP contribution in [0.4, 0.5) is 5.82 Å². The zero-order valence-electron chi connectivity index (χ0n) is 12.7. The van der Waals surface area contributed by atoms with Crippen molar-refractivity contribution in [1.29, 1.82) is 0 Å². The summed E-state index contributed by atoms with van der Waals surface area (Å²) in [5, 5.41) is 0. The van der Waals surface area contributed by atoms with Crippen LogP contribution in [0.3, 0.4) is 0 Å². The van der Waals surface area contributed by atoms with Crippen LogP contribution < -0.4 is 5.73 Å². The van der Waals surface area contributed by atoms with Crippen LogP contribution in [-0.2, 0) is 0 Å². The second-order valence-corrected chi connectivity index (χ2v) is 5.92. The molecule has 6 nitrogen and oxygen atoms in total. The lowest BCUT2D eigenvalue weighted by Gasteiger charge is -1.96. The lowest BCUT2D eigenvalue weighted by Crippen LogP contribution is -1.95. The summed E-state index contributed by atoms with van der Waals surface area (Å²) >= 11 is 0. The fourth-order valence-electron chi connectivity index (χ4n) is 2.73. The second-order valence-electron chi connectivity index (χ2n) is 5.92. The van der Waals surface area contributed by atoms with Gasteiger partial charge < -0.3 is 14.6 Å². The molecule has 0 aliphatic heterocycles. The normalized spacial score (nSPS) is 14.0. The van der Waals surface area contributed by atoms with Gasteiger partial charge in [0.15, 0.2) is 17.3 Å². The van der Waals surface area contributed by atoms with Crippen LogP contribution in [0.2, 0.25) is 0 Å². The fourth-order valence-corrected chi connectivity index (χ4v) is 2.73. The number of rotatable bonds is 1. The van der Waals surface area contributed by atoms with E-state index in [1.165, 1.54) is 12.8 Å². The number of fused-ring (bicyclic) bond motifs is 2. The van der Waals surface area contributed by atoms with Gasteiger partial charge in [0.1, 0.15) is 23.1 Å². The van der Waals surface area contributed by atoms with Crippen LogP contribution in [-0.4, -0.2) is 19.4 Å². The monoisotopic (exact) mass is 315 g/mol. The first-order chi connectivity index (χ1) is 11.8. The van der Waals surface area contributed by atoms with Crippen molar-refractivity contribution in [3.8, 4) is 11.8 Å². The standard InChI is InChI=1S/C18H13N5O/c19-17-16-13(21-10-23(16)8-7-20-17)5-1-11-2-6-15-14(9-11)22-18(24-15)12-3-4-12/h2,6-10,12H,3-4H2,(H2,19,20). The number of aromatic nitrogens is 4. The largest absolute Gasteiger partial charge is 0.440 e. The Morgan fingerprint density at radius 3 is 3.00 bits per heavy atom. The number of anilines is 1. The van der Waals surface area contributed by atoms with Crippen LogP contribution >= 0.6 is 0 Å². The molecule has 3 aromatic heterocycles. The molecule has 6 heteroatoms. The van der Waals surface area contributed by atoms with E-state index < -0.39 is 0 Å². The summed E-state index contributed by atoms with van der Waals surface area (Å²) < 4.78 is 7.59. The minimum atomic E-state index is 0.417. The Hall–Kier alpha value is -3.33.